The second-order valence-corrected chi connectivity index (χ2v) is 2.19. The summed E-state index contributed by atoms with van der Waals surface area (Å²) in [6.07, 6.45) is 0.333. The Balaban J connectivity index is 2.85. The van der Waals surface area contributed by atoms with Crippen molar-refractivity contribution >= 4 is 0 Å². The smallest absolute Gasteiger partial charge is 0.169 e. The van der Waals surface area contributed by atoms with Gasteiger partial charge in [0.2, 0.25) is 0 Å². The van der Waals surface area contributed by atoms with E-state index in [4.69, 9.17) is 10.1 Å². The van der Waals surface area contributed by atoms with E-state index in [0.717, 1.165) is 5.56 Å². The Morgan fingerprint density at radius 3 is 2.83 bits per heavy atom. The molecule has 0 radical (unpaired) electrons. The van der Waals surface area contributed by atoms with Crippen LogP contribution in [0.2, 0.25) is 0 Å². The molecule has 0 aliphatic carbocycles. The van der Waals surface area contributed by atoms with Crippen LogP contribution in [0, 0.1) is 11.3 Å². The molecule has 0 aliphatic rings. The minimum Gasteiger partial charge on any atom is -0.338 e. The summed E-state index contributed by atoms with van der Waals surface area (Å²) in [4.78, 5) is 9.34. The van der Waals surface area contributed by atoms with E-state index in [0.29, 0.717) is 12.2 Å². The molecule has 0 aliphatic heterocycles. The highest BCUT2D eigenvalue weighted by molar-refractivity contribution is 5.34. The second-order valence-electron chi connectivity index (χ2n) is 2.19. The Hall–Kier alpha value is -1.53. The van der Waals surface area contributed by atoms with Gasteiger partial charge in [0.05, 0.1) is 19.6 Å². The molecule has 0 saturated carbocycles. The maximum Gasteiger partial charge on any atom is 0.169 e. The molecule has 0 atom stereocenters. The number of nitriles is 1. The Kier molecular flexibility index (Phi) is 3.12. The first kappa shape index (κ1) is 8.57. The SMILES string of the molecule is COOc1ccccc1CC#N. The summed E-state index contributed by atoms with van der Waals surface area (Å²) in [6, 6.07) is 9.32. The largest absolute Gasteiger partial charge is 0.338 e. The van der Waals surface area contributed by atoms with E-state index in [1.165, 1.54) is 7.11 Å². The molecule has 1 aromatic carbocycles. The molecule has 12 heavy (non-hydrogen) atoms. The lowest BCUT2D eigenvalue weighted by molar-refractivity contribution is -0.178. The molecule has 0 spiro atoms. The number of hydrogen-bond acceptors (Lipinski definition) is 3. The molecule has 62 valence electrons. The Labute approximate surface area is 71.1 Å². The van der Waals surface area contributed by atoms with E-state index in [-0.39, 0.29) is 0 Å². The van der Waals surface area contributed by atoms with Gasteiger partial charge in [-0.25, -0.2) is 0 Å². The lowest BCUT2D eigenvalue weighted by Gasteiger charge is -2.03. The first-order chi connectivity index (χ1) is 5.88. The molecule has 3 heteroatoms. The minimum atomic E-state index is 0.333. The first-order valence-corrected chi connectivity index (χ1v) is 3.54. The highest BCUT2D eigenvalue weighted by atomic mass is 17.2. The van der Waals surface area contributed by atoms with E-state index >= 15 is 0 Å². The van der Waals surface area contributed by atoms with Crippen LogP contribution >= 0.6 is 0 Å². The zero-order valence-electron chi connectivity index (χ0n) is 6.78. The molecular weight excluding hydrogens is 154 g/mol. The average molecular weight is 163 g/mol. The van der Waals surface area contributed by atoms with Gasteiger partial charge in [0.25, 0.3) is 0 Å². The zero-order valence-corrected chi connectivity index (χ0v) is 6.78. The van der Waals surface area contributed by atoms with E-state index in [1.54, 1.807) is 6.07 Å². The predicted molar refractivity (Wildman–Crippen MR) is 43.4 cm³/mol. The van der Waals surface area contributed by atoms with E-state index < -0.39 is 0 Å². The van der Waals surface area contributed by atoms with Crippen LogP contribution in [0.5, 0.6) is 5.75 Å². The van der Waals surface area contributed by atoms with Gasteiger partial charge in [0.1, 0.15) is 0 Å². The van der Waals surface area contributed by atoms with Crippen molar-refractivity contribution in [2.45, 2.75) is 6.42 Å². The normalized spacial score (nSPS) is 9.00. The number of nitrogens with zero attached hydrogens (tertiary/aromatic N) is 1. The second kappa shape index (κ2) is 4.37. The van der Waals surface area contributed by atoms with Crippen molar-refractivity contribution in [3.8, 4) is 11.8 Å². The molecule has 0 heterocycles. The Morgan fingerprint density at radius 1 is 1.42 bits per heavy atom. The van der Waals surface area contributed by atoms with Gasteiger partial charge in [0.15, 0.2) is 5.75 Å². The fourth-order valence-electron chi connectivity index (χ4n) is 0.906. The highest BCUT2D eigenvalue weighted by Gasteiger charge is 2.01. The van der Waals surface area contributed by atoms with Crippen molar-refractivity contribution in [3.05, 3.63) is 29.8 Å². The summed E-state index contributed by atoms with van der Waals surface area (Å²) >= 11 is 0. The van der Waals surface area contributed by atoms with Crippen molar-refractivity contribution in [2.24, 2.45) is 0 Å². The monoisotopic (exact) mass is 163 g/mol. The van der Waals surface area contributed by atoms with Gasteiger partial charge in [-0.05, 0) is 6.07 Å². The van der Waals surface area contributed by atoms with Gasteiger partial charge in [-0.2, -0.15) is 10.1 Å². The lowest BCUT2D eigenvalue weighted by atomic mass is 10.1. The van der Waals surface area contributed by atoms with Gasteiger partial charge in [-0.15, -0.1) is 0 Å². The van der Waals surface area contributed by atoms with Gasteiger partial charge >= 0.3 is 0 Å². The van der Waals surface area contributed by atoms with Crippen molar-refractivity contribution in [2.75, 3.05) is 7.11 Å². The fraction of sp³-hybridized carbons (Fsp3) is 0.222. The minimum absolute atomic E-state index is 0.333. The van der Waals surface area contributed by atoms with E-state index in [9.17, 15) is 0 Å². The summed E-state index contributed by atoms with van der Waals surface area (Å²) in [6.45, 7) is 0. The summed E-state index contributed by atoms with van der Waals surface area (Å²) in [5.41, 5.74) is 0.835. The van der Waals surface area contributed by atoms with E-state index in [2.05, 4.69) is 4.89 Å². The van der Waals surface area contributed by atoms with Crippen LogP contribution in [0.3, 0.4) is 0 Å². The molecule has 0 unspecified atom stereocenters. The molecule has 0 amide bonds. The third-order valence-electron chi connectivity index (χ3n) is 1.42. The third-order valence-corrected chi connectivity index (χ3v) is 1.42. The molecule has 0 N–H and O–H groups in total. The van der Waals surface area contributed by atoms with Crippen molar-refractivity contribution < 1.29 is 9.78 Å². The molecule has 1 aromatic rings. The maximum absolute atomic E-state index is 8.47. The maximum atomic E-state index is 8.47. The van der Waals surface area contributed by atoms with Gasteiger partial charge in [-0.1, -0.05) is 18.2 Å². The predicted octanol–water partition coefficient (Wildman–Crippen LogP) is 1.69. The van der Waals surface area contributed by atoms with Crippen molar-refractivity contribution in [3.63, 3.8) is 0 Å². The summed E-state index contributed by atoms with van der Waals surface area (Å²) in [5.74, 6) is 0.599. The lowest BCUT2D eigenvalue weighted by Crippen LogP contribution is -1.94. The van der Waals surface area contributed by atoms with Gasteiger partial charge in [0, 0.05) is 5.56 Å². The third kappa shape index (κ3) is 1.97. The fourth-order valence-corrected chi connectivity index (χ4v) is 0.906. The van der Waals surface area contributed by atoms with E-state index in [1.807, 2.05) is 24.3 Å². The average Bonchev–Trinajstić information content (AvgIpc) is 2.09. The van der Waals surface area contributed by atoms with Crippen molar-refractivity contribution in [1.82, 2.24) is 0 Å². The van der Waals surface area contributed by atoms with Crippen LogP contribution in [-0.2, 0) is 11.3 Å². The molecular formula is C9H9NO2. The zero-order chi connectivity index (χ0) is 8.81. The molecule has 0 aromatic heterocycles. The summed E-state index contributed by atoms with van der Waals surface area (Å²) in [7, 11) is 1.43. The first-order valence-electron chi connectivity index (χ1n) is 3.54. The number of para-hydroxylation sites is 1. The van der Waals surface area contributed by atoms with Crippen LogP contribution in [0.15, 0.2) is 24.3 Å². The molecule has 3 nitrogen and oxygen atoms in total. The van der Waals surface area contributed by atoms with Crippen LogP contribution in [0.1, 0.15) is 5.56 Å². The number of benzene rings is 1. The Bertz CT molecular complexity index is 291. The standard InChI is InChI=1S/C9H9NO2/c1-11-12-9-5-3-2-4-8(9)6-7-10/h2-5H,6H2,1H3. The van der Waals surface area contributed by atoms with Crippen LogP contribution in [0.25, 0.3) is 0 Å². The summed E-state index contributed by atoms with van der Waals surface area (Å²) in [5, 5.41) is 8.47. The number of rotatable bonds is 3. The van der Waals surface area contributed by atoms with Crippen LogP contribution in [0.4, 0.5) is 0 Å². The Morgan fingerprint density at radius 2 is 2.17 bits per heavy atom. The molecule has 0 bridgehead atoms. The quantitative estimate of drug-likeness (QED) is 0.503. The summed E-state index contributed by atoms with van der Waals surface area (Å²) < 4.78 is 0. The molecule has 0 saturated heterocycles. The molecule has 1 rings (SSSR count). The van der Waals surface area contributed by atoms with Crippen molar-refractivity contribution in [1.29, 1.82) is 5.26 Å². The van der Waals surface area contributed by atoms with Gasteiger partial charge in [-0.3, -0.25) is 0 Å². The topological polar surface area (TPSA) is 42.2 Å². The van der Waals surface area contributed by atoms with Crippen LogP contribution in [-0.4, -0.2) is 7.11 Å². The highest BCUT2D eigenvalue weighted by Crippen LogP contribution is 2.17. The number of hydrogen-bond donors (Lipinski definition) is 0. The molecule has 0 fully saturated rings. The van der Waals surface area contributed by atoms with Gasteiger partial charge < -0.3 is 4.89 Å². The van der Waals surface area contributed by atoms with Crippen LogP contribution < -0.4 is 4.89 Å².